The van der Waals surface area contributed by atoms with Crippen molar-refractivity contribution in [1.29, 1.82) is 0 Å². The second-order valence-electron chi connectivity index (χ2n) is 5.02. The summed E-state index contributed by atoms with van der Waals surface area (Å²) < 4.78 is 5.39. The van der Waals surface area contributed by atoms with E-state index in [0.717, 1.165) is 30.6 Å². The average Bonchev–Trinajstić information content (AvgIpc) is 2.76. The zero-order chi connectivity index (χ0) is 12.4. The summed E-state index contributed by atoms with van der Waals surface area (Å²) in [5, 5.41) is 3.02. The highest BCUT2D eigenvalue weighted by atomic mass is 16.3. The van der Waals surface area contributed by atoms with Crippen LogP contribution in [0.25, 0.3) is 0 Å². The molecule has 0 aromatic carbocycles. The van der Waals surface area contributed by atoms with E-state index in [1.165, 1.54) is 0 Å². The molecule has 0 radical (unpaired) electrons. The molecule has 3 N–H and O–H groups in total. The monoisotopic (exact) mass is 236 g/mol. The molecule has 0 spiro atoms. The minimum atomic E-state index is -0.438. The fourth-order valence-electron chi connectivity index (χ4n) is 2.21. The lowest BCUT2D eigenvalue weighted by Gasteiger charge is -2.25. The van der Waals surface area contributed by atoms with Crippen LogP contribution in [0.1, 0.15) is 44.1 Å². The number of carbonyl (C=O) groups excluding carboxylic acids is 1. The lowest BCUT2D eigenvalue weighted by molar-refractivity contribution is -0.124. The number of hydrogen-bond acceptors (Lipinski definition) is 3. The van der Waals surface area contributed by atoms with Crippen molar-refractivity contribution < 1.29 is 9.21 Å². The van der Waals surface area contributed by atoms with Crippen LogP contribution in [0.3, 0.4) is 0 Å². The maximum Gasteiger partial charge on any atom is 0.237 e. The predicted molar refractivity (Wildman–Crippen MR) is 65.3 cm³/mol. The Labute approximate surface area is 102 Å². The molecule has 1 amide bonds. The first kappa shape index (κ1) is 12.2. The third-order valence-corrected chi connectivity index (χ3v) is 3.39. The van der Waals surface area contributed by atoms with Gasteiger partial charge >= 0.3 is 0 Å². The summed E-state index contributed by atoms with van der Waals surface area (Å²) in [4.78, 5) is 11.9. The van der Waals surface area contributed by atoms with Crippen molar-refractivity contribution in [2.75, 3.05) is 0 Å². The summed E-state index contributed by atoms with van der Waals surface area (Å²) in [5.41, 5.74) is 6.95. The van der Waals surface area contributed by atoms with Crippen LogP contribution in [-0.4, -0.2) is 11.9 Å². The van der Waals surface area contributed by atoms with Gasteiger partial charge in [-0.2, -0.15) is 0 Å². The number of hydrogen-bond donors (Lipinski definition) is 2. The fraction of sp³-hybridized carbons (Fsp3) is 0.615. The van der Waals surface area contributed by atoms with E-state index in [1.54, 1.807) is 6.26 Å². The Balaban J connectivity index is 2.04. The maximum atomic E-state index is 11.9. The van der Waals surface area contributed by atoms with Gasteiger partial charge in [-0.25, -0.2) is 0 Å². The number of nitrogens with two attached hydrogens (primary N) is 1. The van der Waals surface area contributed by atoms with Gasteiger partial charge in [0.25, 0.3) is 0 Å². The number of fused-ring (bicyclic) bond motifs is 1. The summed E-state index contributed by atoms with van der Waals surface area (Å²) >= 11 is 0. The normalized spacial score (nSPS) is 21.1. The van der Waals surface area contributed by atoms with Crippen molar-refractivity contribution in [1.82, 2.24) is 5.32 Å². The summed E-state index contributed by atoms with van der Waals surface area (Å²) in [7, 11) is 0. The molecule has 0 fully saturated rings. The smallest absolute Gasteiger partial charge is 0.237 e. The van der Waals surface area contributed by atoms with Gasteiger partial charge < -0.3 is 15.5 Å². The molecule has 2 atom stereocenters. The minimum Gasteiger partial charge on any atom is -0.469 e. The zero-order valence-corrected chi connectivity index (χ0v) is 10.4. The molecule has 1 aliphatic rings. The van der Waals surface area contributed by atoms with Crippen LogP contribution in [0, 0.1) is 5.92 Å². The Morgan fingerprint density at radius 3 is 3.06 bits per heavy atom. The van der Waals surface area contributed by atoms with Gasteiger partial charge in [0.15, 0.2) is 0 Å². The maximum absolute atomic E-state index is 11.9. The highest BCUT2D eigenvalue weighted by Gasteiger charge is 2.26. The van der Waals surface area contributed by atoms with Gasteiger partial charge in [-0.15, -0.1) is 0 Å². The Morgan fingerprint density at radius 1 is 1.59 bits per heavy atom. The van der Waals surface area contributed by atoms with E-state index in [1.807, 2.05) is 19.9 Å². The van der Waals surface area contributed by atoms with Crippen molar-refractivity contribution in [2.45, 2.75) is 45.2 Å². The molecule has 0 saturated carbocycles. The zero-order valence-electron chi connectivity index (χ0n) is 10.4. The van der Waals surface area contributed by atoms with Crippen molar-refractivity contribution in [3.63, 3.8) is 0 Å². The number of aryl methyl sites for hydroxylation is 1. The van der Waals surface area contributed by atoms with E-state index in [2.05, 4.69) is 5.32 Å². The summed E-state index contributed by atoms with van der Waals surface area (Å²) in [6.45, 7) is 3.91. The number of furan rings is 1. The van der Waals surface area contributed by atoms with Crippen molar-refractivity contribution in [2.24, 2.45) is 11.7 Å². The van der Waals surface area contributed by atoms with Crippen LogP contribution in [-0.2, 0) is 11.2 Å². The van der Waals surface area contributed by atoms with E-state index in [4.69, 9.17) is 10.2 Å². The van der Waals surface area contributed by atoms with Gasteiger partial charge in [-0.1, -0.05) is 13.8 Å². The lowest BCUT2D eigenvalue weighted by Crippen LogP contribution is -2.45. The Kier molecular flexibility index (Phi) is 3.52. The van der Waals surface area contributed by atoms with E-state index >= 15 is 0 Å². The van der Waals surface area contributed by atoms with E-state index in [9.17, 15) is 4.79 Å². The molecule has 1 aliphatic carbocycles. The number of amides is 1. The van der Waals surface area contributed by atoms with Gasteiger partial charge in [-0.05, 0) is 24.8 Å². The van der Waals surface area contributed by atoms with Crippen molar-refractivity contribution in [3.05, 3.63) is 23.7 Å². The highest BCUT2D eigenvalue weighted by molar-refractivity contribution is 5.82. The summed E-state index contributed by atoms with van der Waals surface area (Å²) in [6.07, 6.45) is 4.66. The Hall–Kier alpha value is -1.29. The lowest BCUT2D eigenvalue weighted by atomic mass is 9.93. The quantitative estimate of drug-likeness (QED) is 0.840. The van der Waals surface area contributed by atoms with Gasteiger partial charge in [0.2, 0.25) is 5.91 Å². The molecule has 0 bridgehead atoms. The van der Waals surface area contributed by atoms with Gasteiger partial charge in [-0.3, -0.25) is 4.79 Å². The summed E-state index contributed by atoms with van der Waals surface area (Å²) in [6, 6.07) is 1.57. The molecule has 0 aliphatic heterocycles. The third kappa shape index (κ3) is 2.52. The summed E-state index contributed by atoms with van der Waals surface area (Å²) in [5.74, 6) is 1.08. The number of carbonyl (C=O) groups is 1. The number of nitrogens with one attached hydrogen (secondary N) is 1. The molecule has 2 rings (SSSR count). The first-order valence-corrected chi connectivity index (χ1v) is 6.22. The standard InChI is InChI=1S/C13H20N2O2/c1-8(2)12(14)13(16)15-10-4-3-5-11-9(10)6-7-17-11/h6-8,10,12H,3-5,14H2,1-2H3,(H,15,16). The van der Waals surface area contributed by atoms with Gasteiger partial charge in [0, 0.05) is 12.0 Å². The fourth-order valence-corrected chi connectivity index (χ4v) is 2.21. The molecule has 4 nitrogen and oxygen atoms in total. The van der Waals surface area contributed by atoms with Crippen LogP contribution in [0.15, 0.2) is 16.7 Å². The van der Waals surface area contributed by atoms with Crippen molar-refractivity contribution >= 4 is 5.91 Å². The van der Waals surface area contributed by atoms with Crippen LogP contribution in [0.4, 0.5) is 0 Å². The molecule has 1 aromatic heterocycles. The largest absolute Gasteiger partial charge is 0.469 e. The van der Waals surface area contributed by atoms with E-state index in [-0.39, 0.29) is 17.9 Å². The highest BCUT2D eigenvalue weighted by Crippen LogP contribution is 2.30. The molecule has 1 aromatic rings. The predicted octanol–water partition coefficient (Wildman–Crippen LogP) is 1.76. The van der Waals surface area contributed by atoms with Crippen LogP contribution in [0.5, 0.6) is 0 Å². The second kappa shape index (κ2) is 4.92. The third-order valence-electron chi connectivity index (χ3n) is 3.39. The molecular formula is C13H20N2O2. The number of rotatable bonds is 3. The van der Waals surface area contributed by atoms with Crippen LogP contribution >= 0.6 is 0 Å². The molecule has 0 saturated heterocycles. The van der Waals surface area contributed by atoms with E-state index < -0.39 is 6.04 Å². The minimum absolute atomic E-state index is 0.0646. The Morgan fingerprint density at radius 2 is 2.35 bits per heavy atom. The molecule has 94 valence electrons. The van der Waals surface area contributed by atoms with Gasteiger partial charge in [0.1, 0.15) is 5.76 Å². The van der Waals surface area contributed by atoms with Crippen LogP contribution in [0.2, 0.25) is 0 Å². The Bertz CT molecular complexity index is 398. The van der Waals surface area contributed by atoms with Crippen molar-refractivity contribution in [3.8, 4) is 0 Å². The van der Waals surface area contributed by atoms with Gasteiger partial charge in [0.05, 0.1) is 18.3 Å². The first-order valence-electron chi connectivity index (χ1n) is 6.22. The van der Waals surface area contributed by atoms with Crippen LogP contribution < -0.4 is 11.1 Å². The van der Waals surface area contributed by atoms with E-state index in [0.29, 0.717) is 0 Å². The molecular weight excluding hydrogens is 216 g/mol. The molecule has 4 heteroatoms. The SMILES string of the molecule is CC(C)C(N)C(=O)NC1CCCc2occc21. The molecule has 1 heterocycles. The second-order valence-corrected chi connectivity index (χ2v) is 5.02. The topological polar surface area (TPSA) is 68.3 Å². The average molecular weight is 236 g/mol. The first-order chi connectivity index (χ1) is 8.09. The molecule has 17 heavy (non-hydrogen) atoms. The molecule has 2 unspecified atom stereocenters.